The number of amides is 2. The summed E-state index contributed by atoms with van der Waals surface area (Å²) in [7, 11) is -3.16. The second kappa shape index (κ2) is 43.3. The number of aryl methyl sites for hydroxylation is 1. The molecule has 86 heavy (non-hydrogen) atoms. The first-order valence-corrected chi connectivity index (χ1v) is 35.2. The maximum absolute atomic E-state index is 11.1. The molecule has 15 rings (SSSR count). The van der Waals surface area contributed by atoms with Crippen molar-refractivity contribution in [3.05, 3.63) is 208 Å². The lowest BCUT2D eigenvalue weighted by atomic mass is 10.1. The highest BCUT2D eigenvalue weighted by molar-refractivity contribution is 8.06. The molecule has 1 unspecified atom stereocenters. The Kier molecular flexibility index (Phi) is 35.9. The molecule has 1 atom stereocenters. The zero-order chi connectivity index (χ0) is 61.3. The number of rotatable bonds is 0. The lowest BCUT2D eigenvalue weighted by molar-refractivity contribution is 0.134. The van der Waals surface area contributed by atoms with Gasteiger partial charge in [-0.1, -0.05) is 84.9 Å². The molecule has 0 bridgehead atoms. The molecule has 0 radical (unpaired) electrons. The summed E-state index contributed by atoms with van der Waals surface area (Å²) < 4.78 is 38.2. The first kappa shape index (κ1) is 71.4. The summed E-state index contributed by atoms with van der Waals surface area (Å²) in [6.45, 7) is 11.0. The summed E-state index contributed by atoms with van der Waals surface area (Å²) in [5.41, 5.74) is 18.1. The van der Waals surface area contributed by atoms with E-state index in [1.54, 1.807) is 37.1 Å². The van der Waals surface area contributed by atoms with E-state index < -0.39 is 21.4 Å². The molecule has 0 aliphatic carbocycles. The van der Waals surface area contributed by atoms with Gasteiger partial charge in [-0.2, -0.15) is 47.0 Å². The fraction of sp³-hybridized carbons (Fsp3) is 0.407. The third-order valence-corrected chi connectivity index (χ3v) is 19.2. The number of aromatic nitrogens is 4. The van der Waals surface area contributed by atoms with E-state index in [1.807, 2.05) is 46.0 Å². The standard InChI is InChI=1S/C8H9N.C8H8O.C7H7NO2S.C7H7NS.C5H6N2O2.C4H7N3O.C4H4N2O2.C4H10N2.C4H8OS.C4H8S2.C4H8S/c2*1-2-4-8-6-9-5-7(8)3-1;9-11(10)7-4-2-1-3-6(7)5-8-11;1-2-4-7-6(3-1)5-8-9-7;1-3-2-4(8)7-5(9)6-3;5-3-1-2-6-4(8)7-3;7-3-1-2-5-4(8)6-3;1-2-4-6-5-3-1;1-3-6-4-2-5-1;1-2-6-4-3-5-1;1-2-4-5-3-1/h1-4,9H,5-6H2;1-4H,5-6H2;1-4,8H,5H2;1-4,8H,5H2;2H,1H3,(H2,6,7,8,9);1-3H,5H2,(H2,6,7,8);1-2H,(H2,5,6,7,8);5-6H,1-4H2;2*1-4H2;1-4H2. The van der Waals surface area contributed by atoms with Crippen LogP contribution in [0.25, 0.3) is 0 Å². The second-order valence-corrected chi connectivity index (χ2v) is 26.6. The van der Waals surface area contributed by atoms with Gasteiger partial charge >= 0.3 is 17.4 Å². The Labute approximate surface area is 524 Å². The molecule has 2 aromatic heterocycles. The van der Waals surface area contributed by atoms with Crippen LogP contribution >= 0.6 is 59.0 Å². The molecule has 13 N–H and O–H groups in total. The van der Waals surface area contributed by atoms with Crippen molar-refractivity contribution in [2.24, 2.45) is 5.73 Å². The van der Waals surface area contributed by atoms with E-state index in [2.05, 4.69) is 142 Å². The first-order valence-electron chi connectivity index (χ1n) is 28.3. The molecule has 0 spiro atoms. The molecule has 2 amide bonds. The van der Waals surface area contributed by atoms with E-state index in [9.17, 15) is 32.4 Å². The summed E-state index contributed by atoms with van der Waals surface area (Å²) in [4.78, 5) is 62.0. The number of carbonyl (C=O) groups is 1. The minimum Gasteiger partial charge on any atom is -0.380 e. The van der Waals surface area contributed by atoms with Gasteiger partial charge in [-0.15, -0.1) is 0 Å². The third kappa shape index (κ3) is 31.0. The summed E-state index contributed by atoms with van der Waals surface area (Å²) in [5.74, 6) is 10.7. The first-order chi connectivity index (χ1) is 41.9. The number of benzene rings is 4. The Morgan fingerprint density at radius 2 is 1.09 bits per heavy atom. The van der Waals surface area contributed by atoms with Gasteiger partial charge in [0.15, 0.2) is 0 Å². The Bertz CT molecular complexity index is 2950. The van der Waals surface area contributed by atoms with Gasteiger partial charge in [0.05, 0.1) is 37.5 Å². The van der Waals surface area contributed by atoms with Crippen molar-refractivity contribution in [1.29, 1.82) is 0 Å². The van der Waals surface area contributed by atoms with Gasteiger partial charge in [0, 0.05) is 109 Å². The molecule has 468 valence electrons. The number of carbonyl (C=O) groups excluding carboxylic acids is 1. The molecular weight excluding hydrogens is 1210 g/mol. The molecule has 9 aliphatic rings. The number of ether oxygens (including phenoxy) is 2. The van der Waals surface area contributed by atoms with Gasteiger partial charge in [0.2, 0.25) is 10.0 Å². The molecule has 27 heteroatoms. The summed E-state index contributed by atoms with van der Waals surface area (Å²) in [6, 6.07) is 34.6. The quantitative estimate of drug-likeness (QED) is 0.0730. The van der Waals surface area contributed by atoms with Gasteiger partial charge < -0.3 is 41.1 Å². The largest absolute Gasteiger partial charge is 0.380 e. The van der Waals surface area contributed by atoms with E-state index >= 15 is 0 Å². The molecule has 4 aromatic carbocycles. The summed E-state index contributed by atoms with van der Waals surface area (Å²) >= 11 is 9.91. The lowest BCUT2D eigenvalue weighted by Gasteiger charge is -2.13. The summed E-state index contributed by atoms with van der Waals surface area (Å²) in [5, 5.41) is 8.11. The van der Waals surface area contributed by atoms with Gasteiger partial charge in [0.1, 0.15) is 0 Å². The SMILES string of the molecule is C1CCNNC1.C1CCSC1.C1CSCCO1.C1CSCCS1.Cc1cc(=O)[nH]c(=O)[nH]1.NC1C=CNC(=O)N1.O=S1(=O)NCc2ccccc21.O=c1cc[nH]c(=O)[nH]1.c1ccc2c(c1)CNC2.c1ccc2c(c1)CNS2.c1ccc2c(c1)COC2. The second-order valence-electron chi connectivity index (χ2n) is 19.0. The van der Waals surface area contributed by atoms with E-state index in [1.165, 1.54) is 129 Å². The van der Waals surface area contributed by atoms with Crippen molar-refractivity contribution in [1.82, 2.24) is 56.2 Å². The molecule has 4 saturated heterocycles. The van der Waals surface area contributed by atoms with Crippen molar-refractivity contribution in [3.8, 4) is 0 Å². The van der Waals surface area contributed by atoms with Crippen molar-refractivity contribution >= 4 is 75.0 Å². The Balaban J connectivity index is 0.000000174. The van der Waals surface area contributed by atoms with E-state index in [0.29, 0.717) is 17.1 Å². The fourth-order valence-electron chi connectivity index (χ4n) is 7.88. The van der Waals surface area contributed by atoms with Crippen molar-refractivity contribution in [2.45, 2.75) is 88.0 Å². The molecule has 11 heterocycles. The molecule has 9 aliphatic heterocycles. The minimum atomic E-state index is -3.16. The Morgan fingerprint density at radius 3 is 1.52 bits per heavy atom. The van der Waals surface area contributed by atoms with Crippen molar-refractivity contribution < 1.29 is 22.7 Å². The number of fused-ring (bicyclic) bond motifs is 4. The summed E-state index contributed by atoms with van der Waals surface area (Å²) in [6.07, 6.45) is 9.71. The van der Waals surface area contributed by atoms with Crippen LogP contribution < -0.4 is 64.5 Å². The maximum atomic E-state index is 11.1. The number of nitrogens with two attached hydrogens (primary N) is 1. The van der Waals surface area contributed by atoms with E-state index in [0.717, 1.165) is 64.7 Å². The number of aromatic amines is 4. The highest BCUT2D eigenvalue weighted by atomic mass is 32.2. The number of H-pyrrole nitrogens is 4. The van der Waals surface area contributed by atoms with Crippen LogP contribution in [-0.2, 0) is 58.9 Å². The topological polar surface area (TPSA) is 311 Å². The highest BCUT2D eigenvalue weighted by Crippen LogP contribution is 2.26. The number of thioether (sulfide) groups is 4. The average molecular weight is 1300 g/mol. The van der Waals surface area contributed by atoms with Crippen molar-refractivity contribution in [3.63, 3.8) is 0 Å². The number of hydrazine groups is 1. The predicted molar refractivity (Wildman–Crippen MR) is 355 cm³/mol. The Morgan fingerprint density at radius 1 is 0.547 bits per heavy atom. The predicted octanol–water partition coefficient (Wildman–Crippen LogP) is 6.42. The molecule has 21 nitrogen and oxygen atoms in total. The van der Waals surface area contributed by atoms with Crippen LogP contribution in [0.3, 0.4) is 0 Å². The number of nitrogens with one attached hydrogen (secondary N) is 11. The van der Waals surface area contributed by atoms with Crippen LogP contribution in [0.1, 0.15) is 64.8 Å². The number of sulfonamides is 1. The lowest BCUT2D eigenvalue weighted by Crippen LogP contribution is -2.47. The monoisotopic (exact) mass is 1290 g/mol. The number of urea groups is 1. The molecule has 6 aromatic rings. The molecule has 4 fully saturated rings. The smallest absolute Gasteiger partial charge is 0.325 e. The van der Waals surface area contributed by atoms with Crippen LogP contribution in [0, 0.1) is 6.92 Å². The van der Waals surface area contributed by atoms with Crippen LogP contribution in [0.4, 0.5) is 4.79 Å². The number of hydrogen-bond acceptors (Lipinski definition) is 19. The highest BCUT2D eigenvalue weighted by Gasteiger charge is 2.24. The zero-order valence-electron chi connectivity index (χ0n) is 48.5. The van der Waals surface area contributed by atoms with Crippen LogP contribution in [0.15, 0.2) is 157 Å². The van der Waals surface area contributed by atoms with Crippen LogP contribution in [-0.4, -0.2) is 113 Å². The molecule has 0 saturated carbocycles. The average Bonchev–Trinajstić information content (AvgIpc) is 2.72. The van der Waals surface area contributed by atoms with Gasteiger partial charge in [0.25, 0.3) is 11.1 Å². The van der Waals surface area contributed by atoms with Crippen LogP contribution in [0.2, 0.25) is 0 Å². The third-order valence-electron chi connectivity index (χ3n) is 12.2. The van der Waals surface area contributed by atoms with E-state index in [-0.39, 0.29) is 23.3 Å². The normalized spacial score (nSPS) is 18.1. The Hall–Kier alpha value is -5.37. The van der Waals surface area contributed by atoms with Crippen molar-refractivity contribution in [2.75, 3.05) is 72.3 Å². The number of hydrogen-bond donors (Lipinski definition) is 12. The zero-order valence-corrected chi connectivity index (χ0v) is 53.4. The van der Waals surface area contributed by atoms with Gasteiger partial charge in [-0.05, 0) is 108 Å². The minimum absolute atomic E-state index is 0.250. The van der Waals surface area contributed by atoms with E-state index in [4.69, 9.17) is 15.2 Å². The van der Waals surface area contributed by atoms with Gasteiger partial charge in [-0.25, -0.2) is 27.5 Å². The van der Waals surface area contributed by atoms with Crippen LogP contribution in [0.5, 0.6) is 0 Å². The molecular formula is C59H82N12O9S6. The van der Waals surface area contributed by atoms with Gasteiger partial charge in [-0.3, -0.25) is 35.1 Å². The fourth-order valence-corrected chi connectivity index (χ4v) is 13.9. The maximum Gasteiger partial charge on any atom is 0.325 e.